The molecule has 0 bridgehead atoms. The Kier molecular flexibility index (Phi) is 5.29. The van der Waals surface area contributed by atoms with Gasteiger partial charge in [0.25, 0.3) is 11.2 Å². The summed E-state index contributed by atoms with van der Waals surface area (Å²) in [6.07, 6.45) is 4.54. The zero-order chi connectivity index (χ0) is 20.4. The van der Waals surface area contributed by atoms with Crippen molar-refractivity contribution < 1.29 is 4.92 Å². The van der Waals surface area contributed by atoms with E-state index in [0.717, 1.165) is 25.9 Å². The number of H-pyrrole nitrogens is 1. The topological polar surface area (TPSA) is 92.1 Å². The van der Waals surface area contributed by atoms with E-state index in [0.29, 0.717) is 33.6 Å². The second-order valence-electron chi connectivity index (χ2n) is 7.63. The third-order valence-corrected chi connectivity index (χ3v) is 5.79. The lowest BCUT2D eigenvalue weighted by atomic mass is 9.92. The van der Waals surface area contributed by atoms with Crippen LogP contribution in [0.25, 0.3) is 22.0 Å². The first-order chi connectivity index (χ1) is 14.1. The molecule has 1 aromatic heterocycles. The molecule has 0 unspecified atom stereocenters. The van der Waals surface area contributed by atoms with Gasteiger partial charge in [0, 0.05) is 30.1 Å². The first-order valence-corrected chi connectivity index (χ1v) is 10.1. The van der Waals surface area contributed by atoms with Gasteiger partial charge in [-0.25, -0.2) is 5.10 Å². The minimum atomic E-state index is -0.329. The Labute approximate surface area is 168 Å². The van der Waals surface area contributed by atoms with E-state index in [-0.39, 0.29) is 16.2 Å². The third kappa shape index (κ3) is 3.72. The zero-order valence-corrected chi connectivity index (χ0v) is 16.4. The maximum absolute atomic E-state index is 12.0. The number of nitro benzene ring substituents is 1. The molecule has 2 heterocycles. The molecule has 1 saturated heterocycles. The summed E-state index contributed by atoms with van der Waals surface area (Å²) in [5.41, 5.74) is 1.62. The van der Waals surface area contributed by atoms with Crippen molar-refractivity contribution in [2.75, 3.05) is 18.0 Å². The van der Waals surface area contributed by atoms with Gasteiger partial charge in [0.05, 0.1) is 16.0 Å². The number of rotatable bonds is 5. The van der Waals surface area contributed by atoms with E-state index in [1.54, 1.807) is 18.2 Å². The number of aromatic nitrogens is 2. The van der Waals surface area contributed by atoms with E-state index in [1.165, 1.54) is 12.8 Å². The molecule has 3 aromatic rings. The molecule has 0 saturated carbocycles. The summed E-state index contributed by atoms with van der Waals surface area (Å²) >= 11 is 0. The van der Waals surface area contributed by atoms with E-state index < -0.39 is 0 Å². The van der Waals surface area contributed by atoms with Gasteiger partial charge >= 0.3 is 0 Å². The summed E-state index contributed by atoms with van der Waals surface area (Å²) in [6.45, 7) is 3.87. The largest absolute Gasteiger partial charge is 0.366 e. The Hall–Kier alpha value is -3.22. The van der Waals surface area contributed by atoms with Gasteiger partial charge in [-0.3, -0.25) is 14.9 Å². The van der Waals surface area contributed by atoms with Gasteiger partial charge < -0.3 is 4.90 Å². The number of fused-ring (bicyclic) bond motifs is 1. The molecule has 7 nitrogen and oxygen atoms in total. The summed E-state index contributed by atoms with van der Waals surface area (Å²) in [5, 5.41) is 19.7. The van der Waals surface area contributed by atoms with Crippen molar-refractivity contribution in [1.82, 2.24) is 10.2 Å². The minimum Gasteiger partial charge on any atom is -0.366 e. The number of nitrogens with zero attached hydrogens (tertiary/aromatic N) is 3. The van der Waals surface area contributed by atoms with Crippen molar-refractivity contribution in [3.63, 3.8) is 0 Å². The highest BCUT2D eigenvalue weighted by Crippen LogP contribution is 2.36. The average Bonchev–Trinajstić information content (AvgIpc) is 2.75. The fraction of sp³-hybridized carbons (Fsp3) is 0.364. The lowest BCUT2D eigenvalue weighted by Crippen LogP contribution is -2.34. The van der Waals surface area contributed by atoms with E-state index >= 15 is 0 Å². The molecule has 4 rings (SSSR count). The highest BCUT2D eigenvalue weighted by molar-refractivity contribution is 5.94. The van der Waals surface area contributed by atoms with Crippen LogP contribution in [0.4, 0.5) is 11.4 Å². The van der Waals surface area contributed by atoms with Crippen LogP contribution in [0, 0.1) is 16.0 Å². The second kappa shape index (κ2) is 8.03. The highest BCUT2D eigenvalue weighted by atomic mass is 16.6. The molecule has 0 spiro atoms. The molecule has 0 radical (unpaired) electrons. The number of nitrogens with one attached hydrogen (secondary N) is 1. The van der Waals surface area contributed by atoms with Crippen LogP contribution in [-0.2, 0) is 0 Å². The summed E-state index contributed by atoms with van der Waals surface area (Å²) < 4.78 is 0. The van der Waals surface area contributed by atoms with Crippen molar-refractivity contribution in [3.8, 4) is 11.3 Å². The number of hydrogen-bond acceptors (Lipinski definition) is 5. The molecular formula is C22H24N4O3. The lowest BCUT2D eigenvalue weighted by Gasteiger charge is -2.33. The minimum absolute atomic E-state index is 0.0773. The molecule has 1 aliphatic rings. The van der Waals surface area contributed by atoms with Crippen molar-refractivity contribution in [1.29, 1.82) is 0 Å². The second-order valence-corrected chi connectivity index (χ2v) is 7.63. The normalized spacial score (nSPS) is 15.0. The number of benzene rings is 2. The third-order valence-electron chi connectivity index (χ3n) is 5.79. The van der Waals surface area contributed by atoms with Crippen LogP contribution in [0.5, 0.6) is 0 Å². The molecule has 29 heavy (non-hydrogen) atoms. The van der Waals surface area contributed by atoms with Crippen LogP contribution in [0.15, 0.2) is 47.3 Å². The SMILES string of the molecule is CCCC1CCN(c2ccc(-c3n[nH]c(=O)c4ccccc34)cc2[N+](=O)[O-])CC1. The molecule has 7 heteroatoms. The summed E-state index contributed by atoms with van der Waals surface area (Å²) in [6, 6.07) is 12.4. The van der Waals surface area contributed by atoms with E-state index in [2.05, 4.69) is 22.0 Å². The number of aromatic amines is 1. The summed E-state index contributed by atoms with van der Waals surface area (Å²) in [7, 11) is 0. The molecular weight excluding hydrogens is 368 g/mol. The molecule has 1 aliphatic heterocycles. The number of anilines is 1. The predicted octanol–water partition coefficient (Wildman–Crippen LogP) is 4.51. The number of nitro groups is 1. The monoisotopic (exact) mass is 392 g/mol. The van der Waals surface area contributed by atoms with Crippen molar-refractivity contribution in [2.45, 2.75) is 32.6 Å². The summed E-state index contributed by atoms with van der Waals surface area (Å²) in [4.78, 5) is 25.7. The van der Waals surface area contributed by atoms with Gasteiger partial charge in [-0.05, 0) is 30.9 Å². The molecule has 0 atom stereocenters. The van der Waals surface area contributed by atoms with Crippen molar-refractivity contribution in [3.05, 3.63) is 62.9 Å². The van der Waals surface area contributed by atoms with Crippen LogP contribution >= 0.6 is 0 Å². The van der Waals surface area contributed by atoms with Crippen LogP contribution < -0.4 is 10.5 Å². The van der Waals surface area contributed by atoms with Crippen LogP contribution in [0.1, 0.15) is 32.6 Å². The Balaban J connectivity index is 1.72. The lowest BCUT2D eigenvalue weighted by molar-refractivity contribution is -0.384. The van der Waals surface area contributed by atoms with Crippen LogP contribution in [0.2, 0.25) is 0 Å². The van der Waals surface area contributed by atoms with Crippen molar-refractivity contribution >= 4 is 22.1 Å². The van der Waals surface area contributed by atoms with E-state index in [9.17, 15) is 14.9 Å². The first-order valence-electron chi connectivity index (χ1n) is 10.1. The quantitative estimate of drug-likeness (QED) is 0.509. The van der Waals surface area contributed by atoms with Gasteiger partial charge in [-0.15, -0.1) is 0 Å². The van der Waals surface area contributed by atoms with Gasteiger partial charge in [0.2, 0.25) is 0 Å². The zero-order valence-electron chi connectivity index (χ0n) is 16.4. The molecule has 150 valence electrons. The molecule has 0 amide bonds. The van der Waals surface area contributed by atoms with Crippen LogP contribution in [0.3, 0.4) is 0 Å². The maximum atomic E-state index is 12.0. The Morgan fingerprint density at radius 2 is 1.90 bits per heavy atom. The van der Waals surface area contributed by atoms with Gasteiger partial charge in [0.1, 0.15) is 5.69 Å². The fourth-order valence-corrected chi connectivity index (χ4v) is 4.29. The number of hydrogen-bond donors (Lipinski definition) is 1. The van der Waals surface area contributed by atoms with Crippen LogP contribution in [-0.4, -0.2) is 28.2 Å². The molecule has 2 aromatic carbocycles. The first kappa shape index (κ1) is 19.1. The van der Waals surface area contributed by atoms with E-state index in [1.807, 2.05) is 24.3 Å². The molecule has 1 fully saturated rings. The summed E-state index contributed by atoms with van der Waals surface area (Å²) in [5.74, 6) is 0.714. The molecule has 1 N–H and O–H groups in total. The smallest absolute Gasteiger partial charge is 0.293 e. The fourth-order valence-electron chi connectivity index (χ4n) is 4.29. The Morgan fingerprint density at radius 1 is 1.17 bits per heavy atom. The van der Waals surface area contributed by atoms with E-state index in [4.69, 9.17) is 0 Å². The predicted molar refractivity (Wildman–Crippen MR) is 114 cm³/mol. The van der Waals surface area contributed by atoms with Gasteiger partial charge in [-0.2, -0.15) is 5.10 Å². The Bertz CT molecular complexity index is 1100. The Morgan fingerprint density at radius 3 is 2.59 bits per heavy atom. The van der Waals surface area contributed by atoms with Gasteiger partial charge in [-0.1, -0.05) is 44.0 Å². The highest BCUT2D eigenvalue weighted by Gasteiger charge is 2.25. The number of piperidine rings is 1. The van der Waals surface area contributed by atoms with Gasteiger partial charge in [0.15, 0.2) is 0 Å². The standard InChI is InChI=1S/C22H24N4O3/c1-2-5-15-10-12-25(13-11-15)19-9-8-16(14-20(19)26(28)29)21-17-6-3-4-7-18(17)22(27)24-23-21/h3-4,6-9,14-15H,2,5,10-13H2,1H3,(H,24,27). The average molecular weight is 392 g/mol. The molecule has 0 aliphatic carbocycles. The van der Waals surface area contributed by atoms with Crippen molar-refractivity contribution in [2.24, 2.45) is 5.92 Å². The maximum Gasteiger partial charge on any atom is 0.293 e.